The standard InChI is InChI=1S/C19H30N4O3/c1-4-9-21-18(24)13-22(2)19(25)14-23-11-10-20-12-16(23)15-7-5-6-8-17(15)26-3/h5-8,16,20H,4,9-14H2,1-3H3,(H,21,24). The van der Waals surface area contributed by atoms with Gasteiger partial charge >= 0.3 is 0 Å². The van der Waals surface area contributed by atoms with Crippen molar-refractivity contribution in [2.45, 2.75) is 19.4 Å². The van der Waals surface area contributed by atoms with E-state index in [1.807, 2.05) is 31.2 Å². The van der Waals surface area contributed by atoms with Crippen molar-refractivity contribution in [3.63, 3.8) is 0 Å². The highest BCUT2D eigenvalue weighted by molar-refractivity contribution is 5.85. The van der Waals surface area contributed by atoms with Crippen molar-refractivity contribution in [2.75, 3.05) is 53.4 Å². The number of likely N-dealkylation sites (N-methyl/N-ethyl adjacent to an activating group) is 1. The zero-order valence-corrected chi connectivity index (χ0v) is 16.0. The average molecular weight is 362 g/mol. The number of hydrogen-bond donors (Lipinski definition) is 2. The molecule has 26 heavy (non-hydrogen) atoms. The summed E-state index contributed by atoms with van der Waals surface area (Å²) in [7, 11) is 3.33. The molecule has 2 amide bonds. The fraction of sp³-hybridized carbons (Fsp3) is 0.579. The normalized spacial score (nSPS) is 17.6. The molecule has 1 aliphatic heterocycles. The first-order valence-corrected chi connectivity index (χ1v) is 9.15. The Morgan fingerprint density at radius 2 is 2.15 bits per heavy atom. The van der Waals surface area contributed by atoms with Gasteiger partial charge in [-0.15, -0.1) is 0 Å². The van der Waals surface area contributed by atoms with E-state index in [2.05, 4.69) is 15.5 Å². The van der Waals surface area contributed by atoms with Gasteiger partial charge in [-0.05, 0) is 12.5 Å². The first kappa shape index (κ1) is 20.2. The van der Waals surface area contributed by atoms with Crippen LogP contribution in [-0.2, 0) is 9.59 Å². The Kier molecular flexibility index (Phi) is 7.87. The number of rotatable bonds is 8. The molecule has 1 fully saturated rings. The minimum absolute atomic E-state index is 0.0570. The number of amides is 2. The van der Waals surface area contributed by atoms with Crippen LogP contribution in [0.2, 0.25) is 0 Å². The number of methoxy groups -OCH3 is 1. The largest absolute Gasteiger partial charge is 0.496 e. The zero-order chi connectivity index (χ0) is 18.9. The molecule has 1 atom stereocenters. The predicted molar refractivity (Wildman–Crippen MR) is 101 cm³/mol. The molecule has 144 valence electrons. The van der Waals surface area contributed by atoms with Gasteiger partial charge in [-0.25, -0.2) is 0 Å². The van der Waals surface area contributed by atoms with Crippen LogP contribution in [0, 0.1) is 0 Å². The van der Waals surface area contributed by atoms with E-state index in [9.17, 15) is 9.59 Å². The molecule has 2 N–H and O–H groups in total. The summed E-state index contributed by atoms with van der Waals surface area (Å²) in [6.07, 6.45) is 0.880. The smallest absolute Gasteiger partial charge is 0.239 e. The summed E-state index contributed by atoms with van der Waals surface area (Å²) >= 11 is 0. The predicted octanol–water partition coefficient (Wildman–Crippen LogP) is 0.626. The van der Waals surface area contributed by atoms with Crippen LogP contribution >= 0.6 is 0 Å². The lowest BCUT2D eigenvalue weighted by atomic mass is 10.0. The second kappa shape index (κ2) is 10.1. The van der Waals surface area contributed by atoms with Gasteiger partial charge in [-0.1, -0.05) is 25.1 Å². The van der Waals surface area contributed by atoms with Gasteiger partial charge in [-0.3, -0.25) is 14.5 Å². The highest BCUT2D eigenvalue weighted by Crippen LogP contribution is 2.29. The average Bonchev–Trinajstić information content (AvgIpc) is 2.66. The molecule has 0 bridgehead atoms. The minimum Gasteiger partial charge on any atom is -0.496 e. The third-order valence-corrected chi connectivity index (χ3v) is 4.57. The van der Waals surface area contributed by atoms with Crippen molar-refractivity contribution in [3.05, 3.63) is 29.8 Å². The lowest BCUT2D eigenvalue weighted by Crippen LogP contribution is -2.50. The summed E-state index contributed by atoms with van der Waals surface area (Å²) in [5, 5.41) is 6.18. The van der Waals surface area contributed by atoms with Crippen LogP contribution in [0.3, 0.4) is 0 Å². The fourth-order valence-corrected chi connectivity index (χ4v) is 3.10. The van der Waals surface area contributed by atoms with Crippen molar-refractivity contribution in [2.24, 2.45) is 0 Å². The van der Waals surface area contributed by atoms with Gasteiger partial charge in [0.15, 0.2) is 0 Å². The number of ether oxygens (including phenoxy) is 1. The number of piperazine rings is 1. The van der Waals surface area contributed by atoms with Crippen LogP contribution in [0.1, 0.15) is 24.9 Å². The van der Waals surface area contributed by atoms with E-state index in [0.717, 1.165) is 37.4 Å². The molecule has 0 saturated carbocycles. The second-order valence-electron chi connectivity index (χ2n) is 6.53. The number of nitrogens with one attached hydrogen (secondary N) is 2. The Morgan fingerprint density at radius 3 is 2.88 bits per heavy atom. The van der Waals surface area contributed by atoms with Gasteiger partial charge in [0.25, 0.3) is 0 Å². The van der Waals surface area contributed by atoms with Crippen molar-refractivity contribution in [1.29, 1.82) is 0 Å². The van der Waals surface area contributed by atoms with Gasteiger partial charge in [0.2, 0.25) is 11.8 Å². The molecule has 0 aliphatic carbocycles. The summed E-state index contributed by atoms with van der Waals surface area (Å²) in [5.74, 6) is 0.647. The number of carbonyl (C=O) groups is 2. The van der Waals surface area contributed by atoms with Crippen LogP contribution in [0.15, 0.2) is 24.3 Å². The lowest BCUT2D eigenvalue weighted by molar-refractivity contribution is -0.136. The number of hydrogen-bond acceptors (Lipinski definition) is 5. The third kappa shape index (κ3) is 5.44. The molecule has 0 radical (unpaired) electrons. The number of nitrogens with zero attached hydrogens (tertiary/aromatic N) is 2. The van der Waals surface area contributed by atoms with Gasteiger partial charge in [-0.2, -0.15) is 0 Å². The van der Waals surface area contributed by atoms with E-state index < -0.39 is 0 Å². The SMILES string of the molecule is CCCNC(=O)CN(C)C(=O)CN1CCNCC1c1ccccc1OC. The molecular weight excluding hydrogens is 332 g/mol. The first-order valence-electron chi connectivity index (χ1n) is 9.15. The molecule has 1 heterocycles. The number of carbonyl (C=O) groups excluding carboxylic acids is 2. The molecule has 2 rings (SSSR count). The molecule has 7 nitrogen and oxygen atoms in total. The summed E-state index contributed by atoms with van der Waals surface area (Å²) in [6.45, 7) is 5.36. The monoisotopic (exact) mass is 362 g/mol. The highest BCUT2D eigenvalue weighted by atomic mass is 16.5. The van der Waals surface area contributed by atoms with Gasteiger partial charge < -0.3 is 20.3 Å². The van der Waals surface area contributed by atoms with E-state index in [1.165, 1.54) is 4.90 Å². The van der Waals surface area contributed by atoms with Gasteiger partial charge in [0.05, 0.1) is 26.2 Å². The molecule has 1 aromatic rings. The molecule has 1 aliphatic rings. The Hall–Kier alpha value is -2.12. The Balaban J connectivity index is 2.01. The molecule has 0 spiro atoms. The van der Waals surface area contributed by atoms with E-state index in [0.29, 0.717) is 6.54 Å². The first-order chi connectivity index (χ1) is 12.6. The highest BCUT2D eigenvalue weighted by Gasteiger charge is 2.28. The molecule has 1 aromatic carbocycles. The maximum atomic E-state index is 12.6. The van der Waals surface area contributed by atoms with Gasteiger partial charge in [0, 0.05) is 38.8 Å². The molecule has 7 heteroatoms. The van der Waals surface area contributed by atoms with E-state index in [4.69, 9.17) is 4.74 Å². The fourth-order valence-electron chi connectivity index (χ4n) is 3.10. The third-order valence-electron chi connectivity index (χ3n) is 4.57. The quantitative estimate of drug-likeness (QED) is 0.709. The van der Waals surface area contributed by atoms with Crippen LogP contribution in [0.4, 0.5) is 0 Å². The Morgan fingerprint density at radius 1 is 1.38 bits per heavy atom. The minimum atomic E-state index is -0.121. The summed E-state index contributed by atoms with van der Waals surface area (Å²) in [4.78, 5) is 28.1. The van der Waals surface area contributed by atoms with Crippen molar-refractivity contribution >= 4 is 11.8 Å². The summed E-state index contributed by atoms with van der Waals surface area (Å²) < 4.78 is 5.49. The maximum absolute atomic E-state index is 12.6. The van der Waals surface area contributed by atoms with Crippen molar-refractivity contribution in [1.82, 2.24) is 20.4 Å². The van der Waals surface area contributed by atoms with Crippen LogP contribution in [0.5, 0.6) is 5.75 Å². The van der Waals surface area contributed by atoms with Crippen LogP contribution in [0.25, 0.3) is 0 Å². The lowest BCUT2D eigenvalue weighted by Gasteiger charge is -2.37. The summed E-state index contributed by atoms with van der Waals surface area (Å²) in [5.41, 5.74) is 1.07. The van der Waals surface area contributed by atoms with Crippen LogP contribution < -0.4 is 15.4 Å². The number of benzene rings is 1. The molecular formula is C19H30N4O3. The van der Waals surface area contributed by atoms with Crippen molar-refractivity contribution < 1.29 is 14.3 Å². The number of para-hydroxylation sites is 1. The molecule has 1 unspecified atom stereocenters. The Bertz CT molecular complexity index is 608. The van der Waals surface area contributed by atoms with Crippen molar-refractivity contribution in [3.8, 4) is 5.75 Å². The summed E-state index contributed by atoms with van der Waals surface area (Å²) in [6, 6.07) is 7.96. The van der Waals surface area contributed by atoms with E-state index in [1.54, 1.807) is 14.2 Å². The topological polar surface area (TPSA) is 73.9 Å². The molecule has 0 aromatic heterocycles. The second-order valence-corrected chi connectivity index (χ2v) is 6.53. The zero-order valence-electron chi connectivity index (χ0n) is 16.0. The van der Waals surface area contributed by atoms with E-state index in [-0.39, 0.29) is 30.9 Å². The van der Waals surface area contributed by atoms with E-state index >= 15 is 0 Å². The van der Waals surface area contributed by atoms with Crippen LogP contribution in [-0.4, -0.2) is 75.0 Å². The Labute approximate surface area is 155 Å². The maximum Gasteiger partial charge on any atom is 0.239 e. The molecule has 1 saturated heterocycles. The van der Waals surface area contributed by atoms with Gasteiger partial charge in [0.1, 0.15) is 5.75 Å².